The maximum Gasteiger partial charge on any atom is 0.282 e. The normalized spacial score (nSPS) is 13.4. The molecule has 7 heteroatoms. The second-order valence-corrected chi connectivity index (χ2v) is 6.50. The Labute approximate surface area is 146 Å². The summed E-state index contributed by atoms with van der Waals surface area (Å²) in [6, 6.07) is 8.95. The minimum Gasteiger partial charge on any atom is -0.324 e. The number of carbonyl (C=O) groups is 1. The standard InChI is InChI=1S/C17H16BrF3N2O/c1-10(23(2)9-11-3-5-12(18)6-4-11)17(24)22-14-8-7-13(19)15(20)16(14)21/h3-8,10H,9H2,1-2H3,(H,22,24)/p+1/t10-/m0/s1. The first-order valence-corrected chi connectivity index (χ1v) is 8.10. The van der Waals surface area contributed by atoms with E-state index in [1.165, 1.54) is 0 Å². The quantitative estimate of drug-likeness (QED) is 0.742. The first-order valence-electron chi connectivity index (χ1n) is 7.30. The van der Waals surface area contributed by atoms with Crippen molar-refractivity contribution in [1.82, 2.24) is 0 Å². The first kappa shape index (κ1) is 18.5. The highest BCUT2D eigenvalue weighted by Crippen LogP contribution is 2.19. The molecule has 0 fully saturated rings. The number of carbonyl (C=O) groups excluding carboxylic acids is 1. The lowest BCUT2D eigenvalue weighted by atomic mass is 10.2. The molecule has 0 radical (unpaired) electrons. The monoisotopic (exact) mass is 401 g/mol. The zero-order valence-electron chi connectivity index (χ0n) is 13.2. The van der Waals surface area contributed by atoms with Gasteiger partial charge in [-0.2, -0.15) is 0 Å². The molecular weight excluding hydrogens is 385 g/mol. The molecule has 1 amide bonds. The molecular formula is C17H17BrF3N2O+. The maximum atomic E-state index is 13.6. The Hall–Kier alpha value is -1.86. The van der Waals surface area contributed by atoms with Crippen molar-refractivity contribution in [1.29, 1.82) is 0 Å². The van der Waals surface area contributed by atoms with Crippen molar-refractivity contribution >= 4 is 27.5 Å². The summed E-state index contributed by atoms with van der Waals surface area (Å²) in [6.45, 7) is 2.27. The van der Waals surface area contributed by atoms with Crippen LogP contribution in [-0.4, -0.2) is 19.0 Å². The lowest BCUT2D eigenvalue weighted by Gasteiger charge is -2.21. The Bertz CT molecular complexity index is 737. The molecule has 0 spiro atoms. The number of quaternary nitrogens is 1. The van der Waals surface area contributed by atoms with Crippen molar-refractivity contribution in [2.24, 2.45) is 0 Å². The van der Waals surface area contributed by atoms with Gasteiger partial charge in [0, 0.05) is 10.0 Å². The fourth-order valence-electron chi connectivity index (χ4n) is 2.16. The Morgan fingerprint density at radius 1 is 1.12 bits per heavy atom. The van der Waals surface area contributed by atoms with Crippen LogP contribution < -0.4 is 10.2 Å². The summed E-state index contributed by atoms with van der Waals surface area (Å²) >= 11 is 3.35. The van der Waals surface area contributed by atoms with E-state index < -0.39 is 29.4 Å². The Balaban J connectivity index is 2.03. The lowest BCUT2D eigenvalue weighted by Crippen LogP contribution is -3.12. The summed E-state index contributed by atoms with van der Waals surface area (Å²) in [5.41, 5.74) is 0.663. The number of halogens is 4. The topological polar surface area (TPSA) is 33.5 Å². The molecule has 0 aliphatic carbocycles. The van der Waals surface area contributed by atoms with E-state index in [9.17, 15) is 18.0 Å². The number of hydrogen-bond acceptors (Lipinski definition) is 1. The van der Waals surface area contributed by atoms with Gasteiger partial charge in [0.25, 0.3) is 5.91 Å². The van der Waals surface area contributed by atoms with Crippen molar-refractivity contribution in [2.45, 2.75) is 19.5 Å². The summed E-state index contributed by atoms with van der Waals surface area (Å²) < 4.78 is 40.7. The van der Waals surface area contributed by atoms with E-state index in [-0.39, 0.29) is 5.69 Å². The van der Waals surface area contributed by atoms with E-state index in [2.05, 4.69) is 21.2 Å². The van der Waals surface area contributed by atoms with E-state index in [4.69, 9.17) is 0 Å². The van der Waals surface area contributed by atoms with Crippen LogP contribution in [0.3, 0.4) is 0 Å². The lowest BCUT2D eigenvalue weighted by molar-refractivity contribution is -0.907. The van der Waals surface area contributed by atoms with Crippen LogP contribution in [0.15, 0.2) is 40.9 Å². The van der Waals surface area contributed by atoms with Crippen molar-refractivity contribution in [2.75, 3.05) is 12.4 Å². The summed E-state index contributed by atoms with van der Waals surface area (Å²) in [6.07, 6.45) is 0. The van der Waals surface area contributed by atoms with E-state index in [1.54, 1.807) is 6.92 Å². The summed E-state index contributed by atoms with van der Waals surface area (Å²) in [5.74, 6) is -4.77. The molecule has 2 N–H and O–H groups in total. The number of hydrogen-bond donors (Lipinski definition) is 2. The molecule has 1 unspecified atom stereocenters. The van der Waals surface area contributed by atoms with Crippen LogP contribution in [0.2, 0.25) is 0 Å². The maximum absolute atomic E-state index is 13.6. The highest BCUT2D eigenvalue weighted by molar-refractivity contribution is 9.10. The highest BCUT2D eigenvalue weighted by Gasteiger charge is 2.24. The van der Waals surface area contributed by atoms with Crippen LogP contribution in [0.1, 0.15) is 12.5 Å². The molecule has 2 aromatic carbocycles. The number of likely N-dealkylation sites (N-methyl/N-ethyl adjacent to an activating group) is 1. The number of nitrogens with one attached hydrogen (secondary N) is 2. The zero-order chi connectivity index (χ0) is 17.9. The minimum absolute atomic E-state index is 0.373. The van der Waals surface area contributed by atoms with Gasteiger partial charge < -0.3 is 10.2 Å². The highest BCUT2D eigenvalue weighted by atomic mass is 79.9. The molecule has 2 rings (SSSR count). The van der Waals surface area contributed by atoms with Gasteiger partial charge in [0.2, 0.25) is 0 Å². The molecule has 128 valence electrons. The third kappa shape index (κ3) is 4.36. The van der Waals surface area contributed by atoms with Gasteiger partial charge in [-0.25, -0.2) is 13.2 Å². The first-order chi connectivity index (χ1) is 11.3. The largest absolute Gasteiger partial charge is 0.324 e. The summed E-state index contributed by atoms with van der Waals surface area (Å²) in [5, 5.41) is 2.30. The van der Waals surface area contributed by atoms with Crippen LogP contribution in [0.5, 0.6) is 0 Å². The molecule has 0 aromatic heterocycles. The molecule has 24 heavy (non-hydrogen) atoms. The average molecular weight is 402 g/mol. The Morgan fingerprint density at radius 3 is 2.38 bits per heavy atom. The number of benzene rings is 2. The van der Waals surface area contributed by atoms with Gasteiger partial charge in [0.1, 0.15) is 6.54 Å². The van der Waals surface area contributed by atoms with Gasteiger partial charge >= 0.3 is 0 Å². The SMILES string of the molecule is C[C@@H](C(=O)Nc1ccc(F)c(F)c1F)[NH+](C)Cc1ccc(Br)cc1. The van der Waals surface area contributed by atoms with Crippen LogP contribution in [0, 0.1) is 17.5 Å². The molecule has 2 aromatic rings. The van der Waals surface area contributed by atoms with Crippen LogP contribution in [0.25, 0.3) is 0 Å². The van der Waals surface area contributed by atoms with E-state index in [0.29, 0.717) is 6.54 Å². The van der Waals surface area contributed by atoms with Crippen molar-refractivity contribution in [3.8, 4) is 0 Å². The molecule has 3 nitrogen and oxygen atoms in total. The van der Waals surface area contributed by atoms with Crippen LogP contribution in [0.4, 0.5) is 18.9 Å². The fraction of sp³-hybridized carbons (Fsp3) is 0.235. The summed E-state index contributed by atoms with van der Waals surface area (Å²) in [7, 11) is 1.83. The average Bonchev–Trinajstić information content (AvgIpc) is 2.56. The second-order valence-electron chi connectivity index (χ2n) is 5.58. The van der Waals surface area contributed by atoms with Gasteiger partial charge in [0.05, 0.1) is 12.7 Å². The number of rotatable bonds is 5. The van der Waals surface area contributed by atoms with Crippen LogP contribution >= 0.6 is 15.9 Å². The van der Waals surface area contributed by atoms with E-state index in [1.807, 2.05) is 31.3 Å². The van der Waals surface area contributed by atoms with Gasteiger partial charge in [0.15, 0.2) is 23.5 Å². The molecule has 0 bridgehead atoms. The van der Waals surface area contributed by atoms with E-state index in [0.717, 1.165) is 27.1 Å². The molecule has 2 atom stereocenters. The predicted octanol–water partition coefficient (Wildman–Crippen LogP) is 2.91. The molecule has 0 saturated carbocycles. The Morgan fingerprint density at radius 2 is 1.75 bits per heavy atom. The summed E-state index contributed by atoms with van der Waals surface area (Å²) in [4.78, 5) is 13.1. The molecule has 0 aliphatic heterocycles. The predicted molar refractivity (Wildman–Crippen MR) is 89.1 cm³/mol. The Kier molecular flexibility index (Phi) is 6.01. The fourth-order valence-corrected chi connectivity index (χ4v) is 2.43. The van der Waals surface area contributed by atoms with Crippen molar-refractivity contribution in [3.63, 3.8) is 0 Å². The minimum atomic E-state index is -1.60. The molecule has 0 heterocycles. The second kappa shape index (κ2) is 7.81. The van der Waals surface area contributed by atoms with Crippen molar-refractivity contribution in [3.05, 3.63) is 63.9 Å². The van der Waals surface area contributed by atoms with E-state index >= 15 is 0 Å². The van der Waals surface area contributed by atoms with Gasteiger partial charge in [-0.05, 0) is 31.2 Å². The smallest absolute Gasteiger partial charge is 0.282 e. The molecule has 0 aliphatic rings. The third-order valence-electron chi connectivity index (χ3n) is 3.82. The third-order valence-corrected chi connectivity index (χ3v) is 4.35. The zero-order valence-corrected chi connectivity index (χ0v) is 14.8. The number of anilines is 1. The van der Waals surface area contributed by atoms with Gasteiger partial charge in [-0.15, -0.1) is 0 Å². The van der Waals surface area contributed by atoms with Gasteiger partial charge in [-0.3, -0.25) is 4.79 Å². The van der Waals surface area contributed by atoms with Crippen molar-refractivity contribution < 1.29 is 22.9 Å². The van der Waals surface area contributed by atoms with Gasteiger partial charge in [-0.1, -0.05) is 28.1 Å². The molecule has 0 saturated heterocycles. The number of amides is 1. The van der Waals surface area contributed by atoms with Crippen LogP contribution in [-0.2, 0) is 11.3 Å².